The van der Waals surface area contributed by atoms with Crippen LogP contribution in [0.3, 0.4) is 0 Å². The third-order valence-corrected chi connectivity index (χ3v) is 3.98. The predicted octanol–water partition coefficient (Wildman–Crippen LogP) is 3.43. The van der Waals surface area contributed by atoms with Crippen molar-refractivity contribution in [3.05, 3.63) is 64.5 Å². The van der Waals surface area contributed by atoms with Gasteiger partial charge >= 0.3 is 0 Å². The van der Waals surface area contributed by atoms with Crippen LogP contribution in [0.5, 0.6) is 0 Å². The van der Waals surface area contributed by atoms with Crippen molar-refractivity contribution in [3.8, 4) is 0 Å². The number of pyridine rings is 1. The Kier molecular flexibility index (Phi) is 3.26. The quantitative estimate of drug-likeness (QED) is 0.910. The number of fused-ring (bicyclic) bond motifs is 1. The van der Waals surface area contributed by atoms with E-state index in [1.807, 2.05) is 12.1 Å². The highest BCUT2D eigenvalue weighted by molar-refractivity contribution is 5.34. The monoisotopic (exact) mass is 275 g/mol. The van der Waals surface area contributed by atoms with E-state index in [0.717, 1.165) is 30.2 Å². The van der Waals surface area contributed by atoms with Gasteiger partial charge in [0.05, 0.1) is 6.10 Å². The van der Waals surface area contributed by atoms with Crippen LogP contribution in [-0.2, 0) is 6.42 Å². The molecule has 0 amide bonds. The molecule has 0 aliphatic heterocycles. The molecule has 1 aliphatic rings. The maximum Gasteiger partial charge on any atom is 0.131 e. The van der Waals surface area contributed by atoms with Crippen molar-refractivity contribution in [3.63, 3.8) is 0 Å². The Morgan fingerprint density at radius 1 is 1.30 bits per heavy atom. The van der Waals surface area contributed by atoms with Crippen LogP contribution < -0.4 is 0 Å². The third-order valence-electron chi connectivity index (χ3n) is 3.98. The van der Waals surface area contributed by atoms with Gasteiger partial charge in [0.15, 0.2) is 0 Å². The molecule has 2 nitrogen and oxygen atoms in total. The van der Waals surface area contributed by atoms with Gasteiger partial charge in [-0.05, 0) is 43.0 Å². The Labute approximate surface area is 116 Å². The molecular weight excluding hydrogens is 260 g/mol. The van der Waals surface area contributed by atoms with Crippen molar-refractivity contribution in [1.29, 1.82) is 0 Å². The number of aliphatic hydroxyl groups is 1. The lowest BCUT2D eigenvalue weighted by atomic mass is 9.92. The van der Waals surface area contributed by atoms with Crippen LogP contribution in [0.2, 0.25) is 0 Å². The summed E-state index contributed by atoms with van der Waals surface area (Å²) in [6, 6.07) is 6.05. The summed E-state index contributed by atoms with van der Waals surface area (Å²) in [6.45, 7) is 1.56. The predicted molar refractivity (Wildman–Crippen MR) is 71.4 cm³/mol. The Morgan fingerprint density at radius 2 is 2.10 bits per heavy atom. The van der Waals surface area contributed by atoms with E-state index in [1.54, 1.807) is 13.1 Å². The molecule has 4 heteroatoms. The summed E-state index contributed by atoms with van der Waals surface area (Å²) in [4.78, 5) is 4.30. The van der Waals surface area contributed by atoms with E-state index in [0.29, 0.717) is 5.56 Å². The first-order valence-corrected chi connectivity index (χ1v) is 6.65. The zero-order valence-electron chi connectivity index (χ0n) is 11.1. The van der Waals surface area contributed by atoms with Crippen LogP contribution in [0.15, 0.2) is 30.5 Å². The van der Waals surface area contributed by atoms with E-state index in [1.165, 1.54) is 6.07 Å². The summed E-state index contributed by atoms with van der Waals surface area (Å²) in [5, 5.41) is 10.5. The first-order chi connectivity index (χ1) is 9.58. The minimum absolute atomic E-state index is 0.146. The number of halogens is 2. The van der Waals surface area contributed by atoms with Gasteiger partial charge in [-0.25, -0.2) is 8.78 Å². The molecule has 0 spiro atoms. The summed E-state index contributed by atoms with van der Waals surface area (Å²) in [7, 11) is 0. The topological polar surface area (TPSA) is 33.1 Å². The number of aliphatic hydroxyl groups excluding tert-OH is 1. The summed E-state index contributed by atoms with van der Waals surface area (Å²) in [5.74, 6) is -1.53. The van der Waals surface area contributed by atoms with Crippen LogP contribution >= 0.6 is 0 Å². The zero-order valence-corrected chi connectivity index (χ0v) is 11.1. The second kappa shape index (κ2) is 4.94. The Balaban J connectivity index is 1.98. The minimum Gasteiger partial charge on any atom is -0.388 e. The fourth-order valence-corrected chi connectivity index (χ4v) is 2.87. The molecular formula is C16H15F2NO. The van der Waals surface area contributed by atoms with E-state index in [2.05, 4.69) is 4.98 Å². The average molecular weight is 275 g/mol. The molecule has 20 heavy (non-hydrogen) atoms. The molecule has 0 bridgehead atoms. The molecule has 2 unspecified atom stereocenters. The van der Waals surface area contributed by atoms with E-state index >= 15 is 0 Å². The number of aryl methyl sites for hydroxylation is 2. The third kappa shape index (κ3) is 2.10. The largest absolute Gasteiger partial charge is 0.388 e. The second-order valence-corrected chi connectivity index (χ2v) is 5.26. The van der Waals surface area contributed by atoms with Gasteiger partial charge in [0.25, 0.3) is 0 Å². The van der Waals surface area contributed by atoms with Gasteiger partial charge in [0.2, 0.25) is 0 Å². The van der Waals surface area contributed by atoms with Crippen LogP contribution in [0, 0.1) is 18.6 Å². The van der Waals surface area contributed by atoms with E-state index in [-0.39, 0.29) is 11.5 Å². The number of aromatic nitrogens is 1. The summed E-state index contributed by atoms with van der Waals surface area (Å²) in [5.41, 5.74) is 2.39. The van der Waals surface area contributed by atoms with Crippen molar-refractivity contribution in [2.45, 2.75) is 31.8 Å². The lowest BCUT2D eigenvalue weighted by Gasteiger charge is -2.20. The Morgan fingerprint density at radius 3 is 2.90 bits per heavy atom. The number of hydrogen-bond donors (Lipinski definition) is 1. The maximum atomic E-state index is 13.9. The molecule has 1 N–H and O–H groups in total. The van der Waals surface area contributed by atoms with Gasteiger partial charge in [-0.15, -0.1) is 0 Å². The van der Waals surface area contributed by atoms with Crippen molar-refractivity contribution in [1.82, 2.24) is 4.98 Å². The highest BCUT2D eigenvalue weighted by atomic mass is 19.1. The highest BCUT2D eigenvalue weighted by Crippen LogP contribution is 2.41. The Hall–Kier alpha value is -1.81. The minimum atomic E-state index is -0.995. The second-order valence-electron chi connectivity index (χ2n) is 5.26. The fraction of sp³-hybridized carbons (Fsp3) is 0.312. The van der Waals surface area contributed by atoms with Gasteiger partial charge in [-0.1, -0.05) is 6.07 Å². The lowest BCUT2D eigenvalue weighted by molar-refractivity contribution is 0.139. The van der Waals surface area contributed by atoms with Crippen molar-refractivity contribution >= 4 is 0 Å². The first kappa shape index (κ1) is 13.2. The molecule has 0 saturated heterocycles. The van der Waals surface area contributed by atoms with Crippen molar-refractivity contribution in [2.75, 3.05) is 0 Å². The molecule has 1 heterocycles. The van der Waals surface area contributed by atoms with E-state index in [4.69, 9.17) is 0 Å². The molecule has 1 aliphatic carbocycles. The molecule has 0 fully saturated rings. The maximum absolute atomic E-state index is 13.9. The van der Waals surface area contributed by atoms with E-state index < -0.39 is 17.7 Å². The molecule has 0 radical (unpaired) electrons. The van der Waals surface area contributed by atoms with Gasteiger partial charge in [-0.2, -0.15) is 0 Å². The standard InChI is InChI=1S/C16H15F2NO/c1-9-7-12(14(18)8-13(9)17)16(20)11-5-4-10-3-2-6-19-15(10)11/h2-3,6-8,11,16,20H,4-5H2,1H3. The lowest BCUT2D eigenvalue weighted by Crippen LogP contribution is -2.12. The number of rotatable bonds is 2. The van der Waals surface area contributed by atoms with Gasteiger partial charge in [0, 0.05) is 29.4 Å². The first-order valence-electron chi connectivity index (χ1n) is 6.65. The van der Waals surface area contributed by atoms with Crippen LogP contribution in [0.4, 0.5) is 8.78 Å². The van der Waals surface area contributed by atoms with E-state index in [9.17, 15) is 13.9 Å². The SMILES string of the molecule is Cc1cc(C(O)C2CCc3cccnc32)c(F)cc1F. The number of hydrogen-bond acceptors (Lipinski definition) is 2. The van der Waals surface area contributed by atoms with Gasteiger partial charge in [-0.3, -0.25) is 4.98 Å². The molecule has 2 aromatic rings. The average Bonchev–Trinajstić information content (AvgIpc) is 2.86. The van der Waals surface area contributed by atoms with Crippen molar-refractivity contribution in [2.24, 2.45) is 0 Å². The number of nitrogens with zero attached hydrogens (tertiary/aromatic N) is 1. The van der Waals surface area contributed by atoms with Gasteiger partial charge in [0.1, 0.15) is 11.6 Å². The molecule has 3 rings (SSSR count). The van der Waals surface area contributed by atoms with Crippen LogP contribution in [0.1, 0.15) is 40.8 Å². The van der Waals surface area contributed by atoms with Crippen molar-refractivity contribution < 1.29 is 13.9 Å². The van der Waals surface area contributed by atoms with Gasteiger partial charge < -0.3 is 5.11 Å². The number of benzene rings is 1. The highest BCUT2D eigenvalue weighted by Gasteiger charge is 2.32. The fourth-order valence-electron chi connectivity index (χ4n) is 2.87. The molecule has 1 aromatic heterocycles. The molecule has 0 saturated carbocycles. The zero-order chi connectivity index (χ0) is 14.3. The summed E-state index contributed by atoms with van der Waals surface area (Å²) >= 11 is 0. The summed E-state index contributed by atoms with van der Waals surface area (Å²) in [6.07, 6.45) is 2.23. The molecule has 104 valence electrons. The molecule has 2 atom stereocenters. The van der Waals surface area contributed by atoms with Crippen LogP contribution in [-0.4, -0.2) is 10.1 Å². The smallest absolute Gasteiger partial charge is 0.131 e. The molecule has 1 aromatic carbocycles. The normalized spacial score (nSPS) is 18.9. The Bertz CT molecular complexity index is 657. The summed E-state index contributed by atoms with van der Waals surface area (Å²) < 4.78 is 27.2. The van der Waals surface area contributed by atoms with Crippen LogP contribution in [0.25, 0.3) is 0 Å².